The van der Waals surface area contributed by atoms with Gasteiger partial charge in [-0.1, -0.05) is 24.3 Å². The molecule has 5 nitrogen and oxygen atoms in total. The molecule has 0 aromatic heterocycles. The van der Waals surface area contributed by atoms with E-state index in [0.717, 1.165) is 51.2 Å². The van der Waals surface area contributed by atoms with Crippen molar-refractivity contribution in [3.05, 3.63) is 59.7 Å². The molecule has 1 aliphatic heterocycles. The van der Waals surface area contributed by atoms with Crippen molar-refractivity contribution in [3.63, 3.8) is 0 Å². The van der Waals surface area contributed by atoms with Crippen LogP contribution in [0.4, 0.5) is 5.69 Å². The maximum Gasteiger partial charge on any atom is 0.234 e. The largest absolute Gasteiger partial charge is 0.497 e. The molecule has 2 aromatic rings. The van der Waals surface area contributed by atoms with E-state index in [1.165, 1.54) is 16.8 Å². The van der Waals surface area contributed by atoms with Crippen molar-refractivity contribution in [1.82, 2.24) is 10.2 Å². The Morgan fingerprint density at radius 1 is 1.07 bits per heavy atom. The average molecular weight is 380 g/mol. The number of carbonyl (C=O) groups excluding carboxylic acids is 1. The average Bonchev–Trinajstić information content (AvgIpc) is 2.75. The van der Waals surface area contributed by atoms with Gasteiger partial charge in [-0.05, 0) is 54.7 Å². The topological polar surface area (TPSA) is 44.8 Å². The Labute approximate surface area is 167 Å². The van der Waals surface area contributed by atoms with Gasteiger partial charge >= 0.3 is 0 Å². The summed E-state index contributed by atoms with van der Waals surface area (Å²) < 4.78 is 5.23. The number of nitrogens with one attached hydrogen (secondary N) is 1. The van der Waals surface area contributed by atoms with Gasteiger partial charge in [-0.2, -0.15) is 0 Å². The fourth-order valence-electron chi connectivity index (χ4n) is 4.30. The number of amides is 1. The molecule has 0 bridgehead atoms. The molecule has 5 heteroatoms. The summed E-state index contributed by atoms with van der Waals surface area (Å²) in [6.45, 7) is 4.16. The van der Waals surface area contributed by atoms with Crippen molar-refractivity contribution in [3.8, 4) is 5.75 Å². The Morgan fingerprint density at radius 2 is 1.82 bits per heavy atom. The molecule has 28 heavy (non-hydrogen) atoms. The Balaban J connectivity index is 1.27. The van der Waals surface area contributed by atoms with Gasteiger partial charge < -0.3 is 15.0 Å². The van der Waals surface area contributed by atoms with Gasteiger partial charge in [-0.3, -0.25) is 9.69 Å². The third-order valence-electron chi connectivity index (χ3n) is 5.88. The summed E-state index contributed by atoms with van der Waals surface area (Å²) in [5.41, 5.74) is 3.89. The summed E-state index contributed by atoms with van der Waals surface area (Å²) in [4.78, 5) is 17.3. The summed E-state index contributed by atoms with van der Waals surface area (Å²) in [6, 6.07) is 16.9. The SMILES string of the molecule is COc1ccc(N2CCN(CC(=O)N[C@H]3CCCc4ccccc43)CC2)cc1. The van der Waals surface area contributed by atoms with Gasteiger partial charge in [0.05, 0.1) is 19.7 Å². The summed E-state index contributed by atoms with van der Waals surface area (Å²) in [5, 5.41) is 3.27. The van der Waals surface area contributed by atoms with E-state index in [4.69, 9.17) is 4.74 Å². The van der Waals surface area contributed by atoms with Crippen molar-refractivity contribution < 1.29 is 9.53 Å². The molecule has 1 N–H and O–H groups in total. The lowest BCUT2D eigenvalue weighted by atomic mass is 9.88. The van der Waals surface area contributed by atoms with Crippen molar-refractivity contribution in [2.24, 2.45) is 0 Å². The van der Waals surface area contributed by atoms with Gasteiger partial charge in [-0.25, -0.2) is 0 Å². The molecule has 0 radical (unpaired) electrons. The molecule has 1 atom stereocenters. The molecule has 2 aliphatic rings. The number of aryl methyl sites for hydroxylation is 1. The molecule has 0 unspecified atom stereocenters. The molecule has 1 saturated heterocycles. The number of fused-ring (bicyclic) bond motifs is 1. The maximum atomic E-state index is 12.6. The molecule has 1 aliphatic carbocycles. The molecule has 2 aromatic carbocycles. The second-order valence-electron chi connectivity index (χ2n) is 7.67. The van der Waals surface area contributed by atoms with Crippen LogP contribution in [0.2, 0.25) is 0 Å². The van der Waals surface area contributed by atoms with Crippen LogP contribution in [0.3, 0.4) is 0 Å². The highest BCUT2D eigenvalue weighted by Crippen LogP contribution is 2.29. The minimum atomic E-state index is 0.139. The lowest BCUT2D eigenvalue weighted by Crippen LogP contribution is -2.50. The van der Waals surface area contributed by atoms with Crippen molar-refractivity contribution in [2.45, 2.75) is 25.3 Å². The molecule has 148 valence electrons. The molecular weight excluding hydrogens is 350 g/mol. The molecule has 4 rings (SSSR count). The van der Waals surface area contributed by atoms with E-state index >= 15 is 0 Å². The van der Waals surface area contributed by atoms with E-state index in [-0.39, 0.29) is 11.9 Å². The van der Waals surface area contributed by atoms with Gasteiger partial charge in [-0.15, -0.1) is 0 Å². The minimum Gasteiger partial charge on any atom is -0.497 e. The lowest BCUT2D eigenvalue weighted by molar-refractivity contribution is -0.123. The molecule has 0 saturated carbocycles. The third kappa shape index (κ3) is 4.30. The van der Waals surface area contributed by atoms with E-state index in [2.05, 4.69) is 51.5 Å². The smallest absolute Gasteiger partial charge is 0.234 e. The van der Waals surface area contributed by atoms with Crippen LogP contribution in [0, 0.1) is 0 Å². The van der Waals surface area contributed by atoms with E-state index in [1.54, 1.807) is 7.11 Å². The number of hydrogen-bond acceptors (Lipinski definition) is 4. The van der Waals surface area contributed by atoms with Crippen LogP contribution in [0.25, 0.3) is 0 Å². The molecule has 1 heterocycles. The maximum absolute atomic E-state index is 12.6. The standard InChI is InChI=1S/C23H29N3O2/c1-28-20-11-9-19(10-12-20)26-15-13-25(14-16-26)17-23(27)24-22-8-4-6-18-5-2-3-7-21(18)22/h2-3,5,7,9-12,22H,4,6,8,13-17H2,1H3,(H,24,27)/t22-/m0/s1. The highest BCUT2D eigenvalue weighted by molar-refractivity contribution is 5.78. The second-order valence-corrected chi connectivity index (χ2v) is 7.67. The summed E-state index contributed by atoms with van der Waals surface area (Å²) >= 11 is 0. The van der Waals surface area contributed by atoms with Crippen LogP contribution < -0.4 is 15.0 Å². The van der Waals surface area contributed by atoms with Crippen LogP contribution in [0.15, 0.2) is 48.5 Å². The number of hydrogen-bond donors (Lipinski definition) is 1. The number of rotatable bonds is 5. The predicted molar refractivity (Wildman–Crippen MR) is 112 cm³/mol. The first-order valence-corrected chi connectivity index (χ1v) is 10.2. The number of methoxy groups -OCH3 is 1. The molecule has 1 fully saturated rings. The molecule has 0 spiro atoms. The number of benzene rings is 2. The van der Waals surface area contributed by atoms with Gasteiger partial charge in [0.15, 0.2) is 0 Å². The number of ether oxygens (including phenoxy) is 1. The van der Waals surface area contributed by atoms with Crippen LogP contribution in [-0.2, 0) is 11.2 Å². The van der Waals surface area contributed by atoms with E-state index in [9.17, 15) is 4.79 Å². The van der Waals surface area contributed by atoms with E-state index in [0.29, 0.717) is 6.54 Å². The van der Waals surface area contributed by atoms with Crippen molar-refractivity contribution in [2.75, 3.05) is 44.7 Å². The van der Waals surface area contributed by atoms with Gasteiger partial charge in [0.1, 0.15) is 5.75 Å². The Kier molecular flexibility index (Phi) is 5.81. The van der Waals surface area contributed by atoms with E-state index < -0.39 is 0 Å². The van der Waals surface area contributed by atoms with Crippen LogP contribution in [0.5, 0.6) is 5.75 Å². The second kappa shape index (κ2) is 8.65. The van der Waals surface area contributed by atoms with Crippen LogP contribution in [-0.4, -0.2) is 50.6 Å². The Hall–Kier alpha value is -2.53. The highest BCUT2D eigenvalue weighted by atomic mass is 16.5. The first kappa shape index (κ1) is 18.8. The monoisotopic (exact) mass is 379 g/mol. The Bertz CT molecular complexity index is 798. The zero-order valence-electron chi connectivity index (χ0n) is 16.6. The molecule has 1 amide bonds. The number of carbonyl (C=O) groups is 1. The molecular formula is C23H29N3O2. The normalized spacial score (nSPS) is 19.8. The van der Waals surface area contributed by atoms with Crippen molar-refractivity contribution in [1.29, 1.82) is 0 Å². The first-order valence-electron chi connectivity index (χ1n) is 10.2. The third-order valence-corrected chi connectivity index (χ3v) is 5.88. The van der Waals surface area contributed by atoms with E-state index in [1.807, 2.05) is 12.1 Å². The summed E-state index contributed by atoms with van der Waals surface area (Å²) in [7, 11) is 1.69. The fourth-order valence-corrected chi connectivity index (χ4v) is 4.30. The Morgan fingerprint density at radius 3 is 2.57 bits per heavy atom. The summed E-state index contributed by atoms with van der Waals surface area (Å²) in [5.74, 6) is 1.02. The quantitative estimate of drug-likeness (QED) is 0.867. The van der Waals surface area contributed by atoms with Gasteiger partial charge in [0, 0.05) is 31.9 Å². The van der Waals surface area contributed by atoms with Gasteiger partial charge in [0.25, 0.3) is 0 Å². The zero-order valence-corrected chi connectivity index (χ0v) is 16.6. The predicted octanol–water partition coefficient (Wildman–Crippen LogP) is 3.01. The number of anilines is 1. The first-order chi connectivity index (χ1) is 13.7. The fraction of sp³-hybridized carbons (Fsp3) is 0.435. The zero-order chi connectivity index (χ0) is 19.3. The van der Waals surface area contributed by atoms with Crippen LogP contribution >= 0.6 is 0 Å². The lowest BCUT2D eigenvalue weighted by Gasteiger charge is -2.36. The van der Waals surface area contributed by atoms with Gasteiger partial charge in [0.2, 0.25) is 5.91 Å². The highest BCUT2D eigenvalue weighted by Gasteiger charge is 2.24. The number of piperazine rings is 1. The summed E-state index contributed by atoms with van der Waals surface area (Å²) in [6.07, 6.45) is 3.30. The minimum absolute atomic E-state index is 0.139. The van der Waals surface area contributed by atoms with Crippen LogP contribution in [0.1, 0.15) is 30.0 Å². The number of nitrogens with zero attached hydrogens (tertiary/aromatic N) is 2. The van der Waals surface area contributed by atoms with Crippen molar-refractivity contribution >= 4 is 11.6 Å².